The van der Waals surface area contributed by atoms with Gasteiger partial charge in [0.15, 0.2) is 0 Å². The number of rotatable bonds is 3. The largest absolute Gasteiger partial charge is 0.478 e. The third kappa shape index (κ3) is 2.69. The van der Waals surface area contributed by atoms with Gasteiger partial charge in [0.1, 0.15) is 0 Å². The van der Waals surface area contributed by atoms with Gasteiger partial charge in [0.05, 0.1) is 0 Å². The lowest BCUT2D eigenvalue weighted by molar-refractivity contribution is -0.132. The molecule has 0 saturated carbocycles. The summed E-state index contributed by atoms with van der Waals surface area (Å²) in [5, 5.41) is 8.39. The van der Waals surface area contributed by atoms with Crippen LogP contribution in [0.5, 0.6) is 0 Å². The SMILES string of the molecule is C=C/C=C(\CC)C(=O)O. The summed E-state index contributed by atoms with van der Waals surface area (Å²) in [7, 11) is 0. The summed E-state index contributed by atoms with van der Waals surface area (Å²) < 4.78 is 0. The number of aliphatic carboxylic acids is 1. The minimum absolute atomic E-state index is 0.394. The van der Waals surface area contributed by atoms with Crippen LogP contribution in [-0.2, 0) is 4.79 Å². The molecule has 2 heteroatoms. The minimum atomic E-state index is -0.864. The highest BCUT2D eigenvalue weighted by Gasteiger charge is 2.00. The van der Waals surface area contributed by atoms with Crippen LogP contribution in [0.2, 0.25) is 0 Å². The molecular formula is C7H10O2. The summed E-state index contributed by atoms with van der Waals surface area (Å²) in [6.45, 7) is 5.19. The first-order chi connectivity index (χ1) is 4.22. The lowest BCUT2D eigenvalue weighted by atomic mass is 10.2. The van der Waals surface area contributed by atoms with Gasteiger partial charge in [0, 0.05) is 5.57 Å². The Kier molecular flexibility index (Phi) is 3.44. The van der Waals surface area contributed by atoms with Crippen LogP contribution in [0.25, 0.3) is 0 Å². The van der Waals surface area contributed by atoms with Crippen molar-refractivity contribution in [3.05, 3.63) is 24.3 Å². The molecular weight excluding hydrogens is 116 g/mol. The predicted octanol–water partition coefficient (Wildman–Crippen LogP) is 1.59. The molecule has 0 atom stereocenters. The monoisotopic (exact) mass is 126 g/mol. The van der Waals surface area contributed by atoms with Crippen molar-refractivity contribution in [1.29, 1.82) is 0 Å². The van der Waals surface area contributed by atoms with Crippen LogP contribution in [-0.4, -0.2) is 11.1 Å². The maximum Gasteiger partial charge on any atom is 0.331 e. The average molecular weight is 126 g/mol. The molecule has 0 aliphatic rings. The van der Waals surface area contributed by atoms with E-state index >= 15 is 0 Å². The second-order valence-electron chi connectivity index (χ2n) is 1.59. The molecule has 0 aliphatic carbocycles. The van der Waals surface area contributed by atoms with Crippen LogP contribution >= 0.6 is 0 Å². The Morgan fingerprint density at radius 2 is 2.33 bits per heavy atom. The van der Waals surface area contributed by atoms with Crippen molar-refractivity contribution in [3.8, 4) is 0 Å². The lowest BCUT2D eigenvalue weighted by Gasteiger charge is -1.91. The van der Waals surface area contributed by atoms with Crippen molar-refractivity contribution in [3.63, 3.8) is 0 Å². The van der Waals surface area contributed by atoms with Gasteiger partial charge in [0.25, 0.3) is 0 Å². The van der Waals surface area contributed by atoms with Crippen molar-refractivity contribution >= 4 is 5.97 Å². The molecule has 0 aromatic carbocycles. The standard InChI is InChI=1S/C7H10O2/c1-3-5-6(4-2)7(8)9/h3,5H,1,4H2,2H3,(H,8,9)/b6-5+. The summed E-state index contributed by atoms with van der Waals surface area (Å²) in [5.41, 5.74) is 0.394. The van der Waals surface area contributed by atoms with Crippen molar-refractivity contribution in [2.75, 3.05) is 0 Å². The molecule has 9 heavy (non-hydrogen) atoms. The van der Waals surface area contributed by atoms with E-state index in [1.165, 1.54) is 12.2 Å². The fourth-order valence-electron chi connectivity index (χ4n) is 0.483. The Balaban J connectivity index is 4.14. The van der Waals surface area contributed by atoms with Gasteiger partial charge < -0.3 is 5.11 Å². The highest BCUT2D eigenvalue weighted by molar-refractivity contribution is 5.86. The van der Waals surface area contributed by atoms with Gasteiger partial charge in [-0.15, -0.1) is 0 Å². The summed E-state index contributed by atoms with van der Waals surface area (Å²) in [6, 6.07) is 0. The van der Waals surface area contributed by atoms with Crippen molar-refractivity contribution in [2.24, 2.45) is 0 Å². The molecule has 0 saturated heterocycles. The zero-order valence-corrected chi connectivity index (χ0v) is 5.42. The number of hydrogen-bond acceptors (Lipinski definition) is 1. The number of carboxylic acids is 1. The third-order valence-corrected chi connectivity index (χ3v) is 0.975. The van der Waals surface area contributed by atoms with E-state index in [0.717, 1.165) is 0 Å². The van der Waals surface area contributed by atoms with Crippen LogP contribution in [0.15, 0.2) is 24.3 Å². The van der Waals surface area contributed by atoms with Gasteiger partial charge in [0.2, 0.25) is 0 Å². The van der Waals surface area contributed by atoms with Gasteiger partial charge in [-0.05, 0) is 6.42 Å². The van der Waals surface area contributed by atoms with E-state index in [1.54, 1.807) is 6.92 Å². The number of allylic oxidation sites excluding steroid dienone is 2. The molecule has 0 spiro atoms. The zero-order valence-electron chi connectivity index (χ0n) is 5.42. The first kappa shape index (κ1) is 7.95. The highest BCUT2D eigenvalue weighted by Crippen LogP contribution is 1.99. The maximum absolute atomic E-state index is 10.2. The third-order valence-electron chi connectivity index (χ3n) is 0.975. The second-order valence-corrected chi connectivity index (χ2v) is 1.59. The zero-order chi connectivity index (χ0) is 7.28. The van der Waals surface area contributed by atoms with E-state index in [0.29, 0.717) is 12.0 Å². The van der Waals surface area contributed by atoms with Crippen molar-refractivity contribution < 1.29 is 9.90 Å². The first-order valence-electron chi connectivity index (χ1n) is 2.77. The summed E-state index contributed by atoms with van der Waals surface area (Å²) in [6.07, 6.45) is 3.52. The van der Waals surface area contributed by atoms with Gasteiger partial charge in [-0.1, -0.05) is 25.7 Å². The van der Waals surface area contributed by atoms with Crippen LogP contribution in [0.3, 0.4) is 0 Å². The fraction of sp³-hybridized carbons (Fsp3) is 0.286. The molecule has 0 aliphatic heterocycles. The van der Waals surface area contributed by atoms with E-state index in [-0.39, 0.29) is 0 Å². The molecule has 50 valence electrons. The quantitative estimate of drug-likeness (QED) is 0.460. The smallest absolute Gasteiger partial charge is 0.331 e. The van der Waals surface area contributed by atoms with E-state index in [4.69, 9.17) is 5.11 Å². The van der Waals surface area contributed by atoms with Gasteiger partial charge in [-0.2, -0.15) is 0 Å². The van der Waals surface area contributed by atoms with Crippen LogP contribution < -0.4 is 0 Å². The Bertz CT molecular complexity index is 145. The molecule has 0 radical (unpaired) electrons. The number of carboxylic acid groups (broad SMARTS) is 1. The molecule has 2 nitrogen and oxygen atoms in total. The Labute approximate surface area is 54.5 Å². The number of carbonyl (C=O) groups is 1. The molecule has 0 unspecified atom stereocenters. The molecule has 0 rings (SSSR count). The highest BCUT2D eigenvalue weighted by atomic mass is 16.4. The van der Waals surface area contributed by atoms with Crippen molar-refractivity contribution in [2.45, 2.75) is 13.3 Å². The van der Waals surface area contributed by atoms with Gasteiger partial charge >= 0.3 is 5.97 Å². The Morgan fingerprint density at radius 1 is 1.78 bits per heavy atom. The fourth-order valence-corrected chi connectivity index (χ4v) is 0.483. The molecule has 0 fully saturated rings. The molecule has 0 aromatic heterocycles. The minimum Gasteiger partial charge on any atom is -0.478 e. The van der Waals surface area contributed by atoms with E-state index in [2.05, 4.69) is 6.58 Å². The van der Waals surface area contributed by atoms with Crippen LogP contribution in [0.1, 0.15) is 13.3 Å². The topological polar surface area (TPSA) is 37.3 Å². The van der Waals surface area contributed by atoms with Crippen LogP contribution in [0, 0.1) is 0 Å². The summed E-state index contributed by atoms with van der Waals surface area (Å²) in [5.74, 6) is -0.864. The maximum atomic E-state index is 10.2. The first-order valence-corrected chi connectivity index (χ1v) is 2.77. The Hall–Kier alpha value is -1.05. The van der Waals surface area contributed by atoms with E-state index in [1.807, 2.05) is 0 Å². The molecule has 0 aromatic rings. The van der Waals surface area contributed by atoms with Crippen LogP contribution in [0.4, 0.5) is 0 Å². The molecule has 1 N–H and O–H groups in total. The Morgan fingerprint density at radius 3 is 2.44 bits per heavy atom. The van der Waals surface area contributed by atoms with Crippen molar-refractivity contribution in [1.82, 2.24) is 0 Å². The predicted molar refractivity (Wildman–Crippen MR) is 36.2 cm³/mol. The van der Waals surface area contributed by atoms with Gasteiger partial charge in [-0.3, -0.25) is 0 Å². The normalized spacial score (nSPS) is 11.0. The van der Waals surface area contributed by atoms with Gasteiger partial charge in [-0.25, -0.2) is 4.79 Å². The lowest BCUT2D eigenvalue weighted by Crippen LogP contribution is -1.97. The van der Waals surface area contributed by atoms with E-state index < -0.39 is 5.97 Å². The summed E-state index contributed by atoms with van der Waals surface area (Å²) in [4.78, 5) is 10.2. The number of hydrogen-bond donors (Lipinski definition) is 1. The second kappa shape index (κ2) is 3.89. The molecule has 0 bridgehead atoms. The summed E-state index contributed by atoms with van der Waals surface area (Å²) >= 11 is 0. The molecule has 0 amide bonds. The average Bonchev–Trinajstić information content (AvgIpc) is 1.82. The molecule has 0 heterocycles. The van der Waals surface area contributed by atoms with E-state index in [9.17, 15) is 4.79 Å².